The molecule has 0 fully saturated rings. The Labute approximate surface area is 86.8 Å². The van der Waals surface area contributed by atoms with Gasteiger partial charge < -0.3 is 15.6 Å². The summed E-state index contributed by atoms with van der Waals surface area (Å²) in [6, 6.07) is 1.58. The van der Waals surface area contributed by atoms with Crippen molar-refractivity contribution in [2.45, 2.75) is 0 Å². The second-order valence-corrected chi connectivity index (χ2v) is 3.79. The SMILES string of the molecule is COc1c(Br)cc(N)c(O)c1Br. The van der Waals surface area contributed by atoms with E-state index < -0.39 is 0 Å². The van der Waals surface area contributed by atoms with Gasteiger partial charge in [-0.25, -0.2) is 0 Å². The first-order valence-corrected chi connectivity index (χ1v) is 4.67. The number of phenolic OH excluding ortho intramolecular Hbond substituents is 1. The molecule has 0 atom stereocenters. The van der Waals surface area contributed by atoms with E-state index in [9.17, 15) is 5.11 Å². The molecule has 0 saturated carbocycles. The molecule has 0 heterocycles. The fraction of sp³-hybridized carbons (Fsp3) is 0.143. The van der Waals surface area contributed by atoms with Crippen molar-refractivity contribution in [3.63, 3.8) is 0 Å². The van der Waals surface area contributed by atoms with Crippen molar-refractivity contribution in [3.8, 4) is 11.5 Å². The lowest BCUT2D eigenvalue weighted by Crippen LogP contribution is -1.91. The van der Waals surface area contributed by atoms with Crippen molar-refractivity contribution < 1.29 is 9.84 Å². The molecule has 12 heavy (non-hydrogen) atoms. The monoisotopic (exact) mass is 295 g/mol. The van der Waals surface area contributed by atoms with Crippen LogP contribution in [0.3, 0.4) is 0 Å². The van der Waals surface area contributed by atoms with Gasteiger partial charge in [-0.15, -0.1) is 0 Å². The molecule has 0 saturated heterocycles. The number of anilines is 1. The maximum atomic E-state index is 9.37. The molecule has 1 aromatic rings. The summed E-state index contributed by atoms with van der Waals surface area (Å²) in [6.45, 7) is 0. The molecule has 0 radical (unpaired) electrons. The Morgan fingerprint density at radius 2 is 2.08 bits per heavy atom. The Kier molecular flexibility index (Phi) is 2.85. The Morgan fingerprint density at radius 1 is 1.50 bits per heavy atom. The van der Waals surface area contributed by atoms with Gasteiger partial charge in [0, 0.05) is 0 Å². The van der Waals surface area contributed by atoms with Crippen LogP contribution in [0.25, 0.3) is 0 Å². The van der Waals surface area contributed by atoms with Gasteiger partial charge in [0.2, 0.25) is 0 Å². The zero-order chi connectivity index (χ0) is 9.30. The number of aromatic hydroxyl groups is 1. The average molecular weight is 297 g/mol. The molecule has 1 aromatic carbocycles. The predicted molar refractivity (Wildman–Crippen MR) is 54.5 cm³/mol. The third kappa shape index (κ3) is 1.51. The molecule has 0 aromatic heterocycles. The summed E-state index contributed by atoms with van der Waals surface area (Å²) in [5, 5.41) is 9.37. The van der Waals surface area contributed by atoms with Crippen LogP contribution in [0.5, 0.6) is 11.5 Å². The number of hydrogen-bond donors (Lipinski definition) is 2. The second-order valence-electron chi connectivity index (χ2n) is 2.14. The lowest BCUT2D eigenvalue weighted by molar-refractivity contribution is 0.401. The maximum absolute atomic E-state index is 9.37. The first kappa shape index (κ1) is 9.67. The molecular weight excluding hydrogens is 290 g/mol. The molecule has 0 amide bonds. The quantitative estimate of drug-likeness (QED) is 0.618. The molecule has 1 rings (SSSR count). The molecule has 0 spiro atoms. The Hall–Kier alpha value is -0.420. The average Bonchev–Trinajstić information content (AvgIpc) is 2.01. The molecule has 5 heteroatoms. The minimum Gasteiger partial charge on any atom is -0.505 e. The van der Waals surface area contributed by atoms with Crippen LogP contribution in [0.4, 0.5) is 5.69 Å². The van der Waals surface area contributed by atoms with Gasteiger partial charge in [0.05, 0.1) is 17.3 Å². The summed E-state index contributed by atoms with van der Waals surface area (Å²) in [5.41, 5.74) is 5.78. The summed E-state index contributed by atoms with van der Waals surface area (Å²) >= 11 is 6.40. The normalized spacial score (nSPS) is 9.92. The van der Waals surface area contributed by atoms with Crippen molar-refractivity contribution in [2.24, 2.45) is 0 Å². The van der Waals surface area contributed by atoms with Crippen molar-refractivity contribution >= 4 is 37.5 Å². The van der Waals surface area contributed by atoms with Crippen LogP contribution < -0.4 is 10.5 Å². The van der Waals surface area contributed by atoms with Crippen molar-refractivity contribution in [3.05, 3.63) is 15.0 Å². The van der Waals surface area contributed by atoms with E-state index in [4.69, 9.17) is 10.5 Å². The van der Waals surface area contributed by atoms with E-state index in [2.05, 4.69) is 31.9 Å². The summed E-state index contributed by atoms with van der Waals surface area (Å²) in [4.78, 5) is 0. The summed E-state index contributed by atoms with van der Waals surface area (Å²) in [5.74, 6) is 0.525. The van der Waals surface area contributed by atoms with Gasteiger partial charge in [0.1, 0.15) is 4.47 Å². The highest BCUT2D eigenvalue weighted by Gasteiger charge is 2.12. The van der Waals surface area contributed by atoms with Gasteiger partial charge in [0.15, 0.2) is 11.5 Å². The van der Waals surface area contributed by atoms with Crippen LogP contribution in [0, 0.1) is 0 Å². The number of nitrogens with two attached hydrogens (primary N) is 1. The molecule has 0 bridgehead atoms. The van der Waals surface area contributed by atoms with Crippen LogP contribution in [0.15, 0.2) is 15.0 Å². The van der Waals surface area contributed by atoms with Gasteiger partial charge in [-0.3, -0.25) is 0 Å². The molecule has 0 aliphatic carbocycles. The van der Waals surface area contributed by atoms with E-state index >= 15 is 0 Å². The molecule has 0 aliphatic heterocycles. The van der Waals surface area contributed by atoms with Gasteiger partial charge in [-0.1, -0.05) is 0 Å². The van der Waals surface area contributed by atoms with Crippen molar-refractivity contribution in [1.82, 2.24) is 0 Å². The van der Waals surface area contributed by atoms with E-state index in [1.54, 1.807) is 6.07 Å². The number of phenols is 1. The van der Waals surface area contributed by atoms with Crippen LogP contribution >= 0.6 is 31.9 Å². The first-order valence-electron chi connectivity index (χ1n) is 3.08. The largest absolute Gasteiger partial charge is 0.505 e. The van der Waals surface area contributed by atoms with Gasteiger partial charge in [-0.2, -0.15) is 0 Å². The van der Waals surface area contributed by atoms with E-state index in [0.717, 1.165) is 0 Å². The van der Waals surface area contributed by atoms with E-state index in [-0.39, 0.29) is 5.75 Å². The molecule has 0 unspecified atom stereocenters. The third-order valence-electron chi connectivity index (χ3n) is 1.38. The number of methoxy groups -OCH3 is 1. The van der Waals surface area contributed by atoms with E-state index in [1.165, 1.54) is 7.11 Å². The Bertz CT molecular complexity index is 315. The highest BCUT2D eigenvalue weighted by molar-refractivity contribution is 9.11. The fourth-order valence-electron chi connectivity index (χ4n) is 0.797. The number of rotatable bonds is 1. The lowest BCUT2D eigenvalue weighted by Gasteiger charge is -2.09. The first-order chi connectivity index (χ1) is 5.57. The van der Waals surface area contributed by atoms with Gasteiger partial charge in [0.25, 0.3) is 0 Å². The molecule has 0 aliphatic rings. The predicted octanol–water partition coefficient (Wildman–Crippen LogP) is 2.51. The van der Waals surface area contributed by atoms with Crippen molar-refractivity contribution in [2.75, 3.05) is 12.8 Å². The smallest absolute Gasteiger partial charge is 0.156 e. The van der Waals surface area contributed by atoms with Gasteiger partial charge in [-0.05, 0) is 37.9 Å². The van der Waals surface area contributed by atoms with E-state index in [1.807, 2.05) is 0 Å². The van der Waals surface area contributed by atoms with Crippen LogP contribution in [0.2, 0.25) is 0 Å². The second kappa shape index (κ2) is 3.53. The van der Waals surface area contributed by atoms with Gasteiger partial charge >= 0.3 is 0 Å². The highest BCUT2D eigenvalue weighted by Crippen LogP contribution is 2.43. The number of halogens is 2. The van der Waals surface area contributed by atoms with Crippen LogP contribution in [-0.4, -0.2) is 12.2 Å². The maximum Gasteiger partial charge on any atom is 0.156 e. The topological polar surface area (TPSA) is 55.5 Å². The lowest BCUT2D eigenvalue weighted by atomic mass is 10.3. The summed E-state index contributed by atoms with van der Waals surface area (Å²) in [6.07, 6.45) is 0. The number of benzene rings is 1. The van der Waals surface area contributed by atoms with Crippen LogP contribution in [0.1, 0.15) is 0 Å². The van der Waals surface area contributed by atoms with Crippen LogP contribution in [-0.2, 0) is 0 Å². The molecule has 3 N–H and O–H groups in total. The van der Waals surface area contributed by atoms with Crippen molar-refractivity contribution in [1.29, 1.82) is 0 Å². The Balaban J connectivity index is 3.40. The molecule has 66 valence electrons. The zero-order valence-corrected chi connectivity index (χ0v) is 9.44. The third-order valence-corrected chi connectivity index (χ3v) is 2.71. The Morgan fingerprint density at radius 3 is 2.58 bits per heavy atom. The number of hydrogen-bond acceptors (Lipinski definition) is 3. The summed E-state index contributed by atoms with van der Waals surface area (Å²) < 4.78 is 6.16. The van der Waals surface area contributed by atoms with E-state index in [0.29, 0.717) is 20.4 Å². The fourth-order valence-corrected chi connectivity index (χ4v) is 2.27. The minimum absolute atomic E-state index is 0.00458. The minimum atomic E-state index is -0.00458. The highest BCUT2D eigenvalue weighted by atomic mass is 79.9. The number of ether oxygens (including phenoxy) is 1. The molecule has 3 nitrogen and oxygen atoms in total. The zero-order valence-electron chi connectivity index (χ0n) is 6.27. The molecular formula is C7H7Br2NO2. The number of nitrogen functional groups attached to an aromatic ring is 1. The summed E-state index contributed by atoms with van der Waals surface area (Å²) in [7, 11) is 1.51. The standard InChI is InChI=1S/C7H7Br2NO2/c1-12-7-3(8)2-4(10)6(11)5(7)9/h2,11H,10H2,1H3.